The number of aryl methyl sites for hydroxylation is 1. The lowest BCUT2D eigenvalue weighted by atomic mass is 10.0. The summed E-state index contributed by atoms with van der Waals surface area (Å²) >= 11 is 0. The van der Waals surface area contributed by atoms with E-state index in [2.05, 4.69) is 25.6 Å². The first-order valence-electron chi connectivity index (χ1n) is 8.63. The molecule has 134 valence electrons. The van der Waals surface area contributed by atoms with Crippen molar-refractivity contribution in [1.29, 1.82) is 0 Å². The number of rotatable bonds is 8. The van der Waals surface area contributed by atoms with Crippen LogP contribution in [0, 0.1) is 0 Å². The Balaban J connectivity index is 1.70. The predicted molar refractivity (Wildman–Crippen MR) is 99.7 cm³/mol. The summed E-state index contributed by atoms with van der Waals surface area (Å²) < 4.78 is 2.00. The van der Waals surface area contributed by atoms with Gasteiger partial charge in [-0.2, -0.15) is 0 Å². The molecule has 2 heterocycles. The topological polar surface area (TPSA) is 84.7 Å². The first-order valence-corrected chi connectivity index (χ1v) is 8.63. The van der Waals surface area contributed by atoms with E-state index in [0.29, 0.717) is 11.5 Å². The maximum atomic E-state index is 12.6. The molecule has 3 rings (SSSR count). The normalized spacial score (nSPS) is 11.7. The average molecular weight is 350 g/mol. The molecule has 26 heavy (non-hydrogen) atoms. The molecular formula is C19H22N6O. The second-order valence-electron chi connectivity index (χ2n) is 5.85. The molecule has 3 aromatic rings. The highest BCUT2D eigenvalue weighted by atomic mass is 16.1. The van der Waals surface area contributed by atoms with Crippen molar-refractivity contribution in [3.05, 3.63) is 72.6 Å². The van der Waals surface area contributed by atoms with Crippen LogP contribution in [0.1, 0.15) is 35.3 Å². The number of hydrogen-bond acceptors (Lipinski definition) is 5. The Morgan fingerprint density at radius 1 is 1.19 bits per heavy atom. The molecule has 0 saturated heterocycles. The molecule has 2 N–H and O–H groups in total. The highest BCUT2D eigenvalue weighted by molar-refractivity contribution is 5.93. The van der Waals surface area contributed by atoms with Crippen LogP contribution < -0.4 is 10.6 Å². The first-order chi connectivity index (χ1) is 12.8. The minimum absolute atomic E-state index is 0.112. The molecule has 7 nitrogen and oxygen atoms in total. The monoisotopic (exact) mass is 350 g/mol. The largest absolute Gasteiger partial charge is 0.355 e. The summed E-state index contributed by atoms with van der Waals surface area (Å²) in [5.41, 5.74) is 1.50. The lowest BCUT2D eigenvalue weighted by Gasteiger charge is -2.19. The third-order valence-corrected chi connectivity index (χ3v) is 3.99. The molecule has 0 saturated carbocycles. The summed E-state index contributed by atoms with van der Waals surface area (Å²) in [7, 11) is 0. The van der Waals surface area contributed by atoms with E-state index in [1.165, 1.54) is 12.4 Å². The Hall–Kier alpha value is -3.22. The molecule has 0 aliphatic heterocycles. The van der Waals surface area contributed by atoms with Gasteiger partial charge in [-0.05, 0) is 18.9 Å². The molecule has 0 aliphatic carbocycles. The summed E-state index contributed by atoms with van der Waals surface area (Å²) in [6.45, 7) is 3.46. The van der Waals surface area contributed by atoms with Crippen molar-refractivity contribution in [2.24, 2.45) is 0 Å². The van der Waals surface area contributed by atoms with Crippen LogP contribution in [0.25, 0.3) is 0 Å². The summed E-state index contributed by atoms with van der Waals surface area (Å²) in [5.74, 6) is 0.330. The summed E-state index contributed by atoms with van der Waals surface area (Å²) in [6, 6.07) is 9.83. The van der Waals surface area contributed by atoms with E-state index in [4.69, 9.17) is 0 Å². The number of imidazole rings is 1. The van der Waals surface area contributed by atoms with Crippen molar-refractivity contribution < 1.29 is 4.79 Å². The minimum Gasteiger partial charge on any atom is -0.355 e. The van der Waals surface area contributed by atoms with Gasteiger partial charge in [0.25, 0.3) is 5.91 Å². The van der Waals surface area contributed by atoms with Gasteiger partial charge in [0.05, 0.1) is 17.9 Å². The summed E-state index contributed by atoms with van der Waals surface area (Å²) in [4.78, 5) is 25.0. The van der Waals surface area contributed by atoms with E-state index in [1.807, 2.05) is 48.0 Å². The van der Waals surface area contributed by atoms with Gasteiger partial charge in [0, 0.05) is 37.9 Å². The van der Waals surface area contributed by atoms with Gasteiger partial charge in [-0.3, -0.25) is 4.79 Å². The predicted octanol–water partition coefficient (Wildman–Crippen LogP) is 2.67. The molecule has 2 aromatic heterocycles. The number of anilines is 1. The molecule has 1 amide bonds. The number of nitrogens with zero attached hydrogens (tertiary/aromatic N) is 4. The molecule has 0 radical (unpaired) electrons. The molecule has 0 spiro atoms. The van der Waals surface area contributed by atoms with Crippen LogP contribution in [0.15, 0.2) is 61.4 Å². The van der Waals surface area contributed by atoms with Crippen molar-refractivity contribution in [3.8, 4) is 0 Å². The van der Waals surface area contributed by atoms with E-state index in [0.717, 1.165) is 25.1 Å². The Morgan fingerprint density at radius 3 is 2.62 bits per heavy atom. The fraction of sp³-hybridized carbons (Fsp3) is 0.263. The van der Waals surface area contributed by atoms with Gasteiger partial charge in [-0.25, -0.2) is 15.0 Å². The van der Waals surface area contributed by atoms with E-state index in [1.54, 1.807) is 12.5 Å². The third-order valence-electron chi connectivity index (χ3n) is 3.99. The van der Waals surface area contributed by atoms with Crippen molar-refractivity contribution in [3.63, 3.8) is 0 Å². The number of carbonyl (C=O) groups is 1. The van der Waals surface area contributed by atoms with Gasteiger partial charge >= 0.3 is 0 Å². The zero-order chi connectivity index (χ0) is 18.2. The molecule has 0 aliphatic rings. The summed E-state index contributed by atoms with van der Waals surface area (Å²) in [6.07, 6.45) is 9.27. The van der Waals surface area contributed by atoms with Gasteiger partial charge in [0.15, 0.2) is 0 Å². The number of amides is 1. The van der Waals surface area contributed by atoms with Gasteiger partial charge in [0.2, 0.25) is 5.95 Å². The molecule has 1 atom stereocenters. The third kappa shape index (κ3) is 4.66. The van der Waals surface area contributed by atoms with Crippen LogP contribution in [0.3, 0.4) is 0 Å². The Morgan fingerprint density at radius 2 is 1.96 bits per heavy atom. The minimum atomic E-state index is -0.187. The van der Waals surface area contributed by atoms with Crippen molar-refractivity contribution in [2.45, 2.75) is 25.9 Å². The fourth-order valence-electron chi connectivity index (χ4n) is 2.64. The lowest BCUT2D eigenvalue weighted by molar-refractivity contribution is 0.0933. The average Bonchev–Trinajstić information content (AvgIpc) is 3.20. The molecular weight excluding hydrogens is 328 g/mol. The zero-order valence-corrected chi connectivity index (χ0v) is 14.7. The van der Waals surface area contributed by atoms with Crippen LogP contribution in [-0.2, 0) is 6.54 Å². The second-order valence-corrected chi connectivity index (χ2v) is 5.85. The van der Waals surface area contributed by atoms with Gasteiger partial charge in [0.1, 0.15) is 0 Å². The molecule has 1 aromatic carbocycles. The molecule has 0 unspecified atom stereocenters. The van der Waals surface area contributed by atoms with E-state index in [9.17, 15) is 4.79 Å². The maximum absolute atomic E-state index is 12.6. The standard InChI is InChI=1S/C19H22N6O/c1-2-21-19-22-12-16(13-23-19)18(26)24-17(15-6-4-3-5-7-15)8-10-25-11-9-20-14-25/h3-7,9,11-14,17H,2,8,10H2,1H3,(H,24,26)(H,21,22,23)/t17-/m0/s1. The van der Waals surface area contributed by atoms with Crippen LogP contribution in [0.5, 0.6) is 0 Å². The van der Waals surface area contributed by atoms with Gasteiger partial charge in [-0.15, -0.1) is 0 Å². The number of carbonyl (C=O) groups excluding carboxylic acids is 1. The number of aromatic nitrogens is 4. The van der Waals surface area contributed by atoms with Crippen LogP contribution in [0.4, 0.5) is 5.95 Å². The Bertz CT molecular complexity index is 802. The molecule has 7 heteroatoms. The van der Waals surface area contributed by atoms with Crippen LogP contribution in [-0.4, -0.2) is 32.0 Å². The Kier molecular flexibility index (Phi) is 5.92. The first kappa shape index (κ1) is 17.6. The van der Waals surface area contributed by atoms with E-state index >= 15 is 0 Å². The smallest absolute Gasteiger partial charge is 0.254 e. The SMILES string of the molecule is CCNc1ncc(C(=O)N[C@@H](CCn2ccnc2)c2ccccc2)cn1. The van der Waals surface area contributed by atoms with E-state index < -0.39 is 0 Å². The Labute approximate surface area is 152 Å². The van der Waals surface area contributed by atoms with Crippen molar-refractivity contribution >= 4 is 11.9 Å². The van der Waals surface area contributed by atoms with Gasteiger partial charge < -0.3 is 15.2 Å². The highest BCUT2D eigenvalue weighted by Crippen LogP contribution is 2.18. The van der Waals surface area contributed by atoms with Gasteiger partial charge in [-0.1, -0.05) is 30.3 Å². The summed E-state index contributed by atoms with van der Waals surface area (Å²) in [5, 5.41) is 6.10. The second kappa shape index (κ2) is 8.75. The number of benzene rings is 1. The number of hydrogen-bond donors (Lipinski definition) is 2. The zero-order valence-electron chi connectivity index (χ0n) is 14.7. The van der Waals surface area contributed by atoms with Crippen LogP contribution >= 0.6 is 0 Å². The van der Waals surface area contributed by atoms with Crippen LogP contribution in [0.2, 0.25) is 0 Å². The molecule has 0 fully saturated rings. The van der Waals surface area contributed by atoms with E-state index in [-0.39, 0.29) is 11.9 Å². The lowest BCUT2D eigenvalue weighted by Crippen LogP contribution is -2.29. The quantitative estimate of drug-likeness (QED) is 0.652. The molecule has 0 bridgehead atoms. The maximum Gasteiger partial charge on any atom is 0.254 e. The van der Waals surface area contributed by atoms with Crippen molar-refractivity contribution in [2.75, 3.05) is 11.9 Å². The van der Waals surface area contributed by atoms with Crippen molar-refractivity contribution in [1.82, 2.24) is 24.8 Å². The highest BCUT2D eigenvalue weighted by Gasteiger charge is 2.16. The number of nitrogens with one attached hydrogen (secondary N) is 2. The fourth-order valence-corrected chi connectivity index (χ4v) is 2.64.